The molecule has 6 aliphatic carbocycles. The molecule has 0 aliphatic heterocycles. The van der Waals surface area contributed by atoms with Crippen LogP contribution in [0.3, 0.4) is 0 Å². The molecule has 0 atom stereocenters. The molecule has 22 heavy (non-hydrogen) atoms. The first kappa shape index (κ1) is 19.7. The second-order valence-corrected chi connectivity index (χ2v) is 22.8. The monoisotopic (exact) mass is 1070 g/mol. The average molecular weight is 1080 g/mol. The summed E-state index contributed by atoms with van der Waals surface area (Å²) >= 11 is 49.1. The summed E-state index contributed by atoms with van der Waals surface area (Å²) in [7, 11) is 0. The van der Waals surface area contributed by atoms with Crippen molar-refractivity contribution in [2.45, 2.75) is 41.1 Å². The first-order valence-electron chi connectivity index (χ1n) is 5.77. The van der Waals surface area contributed by atoms with Gasteiger partial charge >= 0.3 is 0 Å². The first-order chi connectivity index (χ1) is 9.50. The molecule has 0 aromatic rings. The van der Waals surface area contributed by atoms with Crippen molar-refractivity contribution in [3.05, 3.63) is 0 Å². The third-order valence-electron chi connectivity index (χ3n) is 6.48. The topological polar surface area (TPSA) is 0 Å². The molecule has 6 fully saturated rings. The van der Waals surface area contributed by atoms with Gasteiger partial charge in [0, 0.05) is 0 Å². The summed E-state index contributed by atoms with van der Waals surface area (Å²) in [6.45, 7) is 0. The summed E-state index contributed by atoms with van der Waals surface area (Å²) in [5.41, 5.74) is 0. The molecular formula is C10Br12. The lowest BCUT2D eigenvalue weighted by Crippen LogP contribution is -3.02. The number of alkyl halides is 12. The van der Waals surface area contributed by atoms with Gasteiger partial charge in [-0.05, 0) is 0 Å². The molecule has 0 saturated heterocycles. The molecule has 0 radical (unpaired) electrons. The van der Waals surface area contributed by atoms with Gasteiger partial charge in [0.15, 0.2) is 0 Å². The highest BCUT2D eigenvalue weighted by molar-refractivity contribution is 9.29. The molecule has 4 bridgehead atoms. The molecule has 0 aromatic heterocycles. The van der Waals surface area contributed by atoms with Crippen LogP contribution in [0.25, 0.3) is 0 Å². The molecular weight excluding hydrogens is 1080 g/mol. The van der Waals surface area contributed by atoms with E-state index in [0.29, 0.717) is 0 Å². The summed E-state index contributed by atoms with van der Waals surface area (Å²) in [6, 6.07) is 0. The van der Waals surface area contributed by atoms with Crippen LogP contribution >= 0.6 is 191 Å². The Balaban J connectivity index is 2.08. The highest BCUT2D eigenvalue weighted by Crippen LogP contribution is 3.15. The molecule has 12 heteroatoms. The van der Waals surface area contributed by atoms with Gasteiger partial charge in [0.25, 0.3) is 0 Å². The SMILES string of the molecule is BrC1(Br)C2(Br)C3(Br)C4(Br)C(Br)(Br)C5(Br)C3(Br)C1(Br)C5(Br)C24Br. The minimum atomic E-state index is -0.412. The van der Waals surface area contributed by atoms with Crippen LogP contribution in [0.15, 0.2) is 0 Å². The van der Waals surface area contributed by atoms with E-state index in [9.17, 15) is 0 Å². The van der Waals surface area contributed by atoms with Crippen LogP contribution in [0.1, 0.15) is 0 Å². The highest BCUT2D eigenvalue weighted by atomic mass is 79.9. The molecule has 0 heterocycles. The van der Waals surface area contributed by atoms with Crippen LogP contribution in [0.5, 0.6) is 0 Å². The van der Waals surface area contributed by atoms with Gasteiger partial charge in [0.05, 0.1) is 34.6 Å². The Kier molecular flexibility index (Phi) is 3.68. The van der Waals surface area contributed by atoms with Gasteiger partial charge in [-0.2, -0.15) is 0 Å². The van der Waals surface area contributed by atoms with Gasteiger partial charge < -0.3 is 0 Å². The molecule has 0 amide bonds. The minimum Gasteiger partial charge on any atom is -0.0803 e. The maximum atomic E-state index is 4.15. The molecule has 0 nitrogen and oxygen atoms in total. The number of halogens is 12. The van der Waals surface area contributed by atoms with E-state index in [1.165, 1.54) is 0 Å². The molecule has 6 rings (SSSR count). The van der Waals surface area contributed by atoms with Crippen LogP contribution in [0.4, 0.5) is 0 Å². The van der Waals surface area contributed by atoms with Crippen LogP contribution in [0.2, 0.25) is 0 Å². The Morgan fingerprint density at radius 2 is 0.364 bits per heavy atom. The van der Waals surface area contributed by atoms with Crippen LogP contribution in [0, 0.1) is 0 Å². The lowest BCUT2D eigenvalue weighted by Gasteiger charge is -2.84. The van der Waals surface area contributed by atoms with E-state index in [1.54, 1.807) is 0 Å². The van der Waals surface area contributed by atoms with Crippen molar-refractivity contribution < 1.29 is 0 Å². The molecule has 6 saturated carbocycles. The predicted octanol–water partition coefficient (Wildman–Crippen LogP) is 8.10. The summed E-state index contributed by atoms with van der Waals surface area (Å²) in [6.07, 6.45) is 0. The zero-order chi connectivity index (χ0) is 17.0. The second-order valence-electron chi connectivity index (χ2n) is 6.42. The molecule has 0 unspecified atom stereocenters. The number of hydrogen-bond acceptors (Lipinski definition) is 0. The summed E-state index contributed by atoms with van der Waals surface area (Å²) in [4.78, 5) is 0. The largest absolute Gasteiger partial charge is 0.117 e. The lowest BCUT2D eigenvalue weighted by molar-refractivity contribution is 0.0585. The smallest absolute Gasteiger partial charge is 0.0803 e. The molecule has 0 aromatic carbocycles. The van der Waals surface area contributed by atoms with Gasteiger partial charge in [0.1, 0.15) is 6.47 Å². The molecule has 124 valence electrons. The fraction of sp³-hybridized carbons (Fsp3) is 1.00. The summed E-state index contributed by atoms with van der Waals surface area (Å²) in [5, 5.41) is 0. The van der Waals surface area contributed by atoms with Crippen LogP contribution in [-0.2, 0) is 0 Å². The van der Waals surface area contributed by atoms with E-state index in [0.717, 1.165) is 0 Å². The van der Waals surface area contributed by atoms with Crippen LogP contribution < -0.4 is 0 Å². The fourth-order valence-electron chi connectivity index (χ4n) is 5.88. The summed E-state index contributed by atoms with van der Waals surface area (Å²) in [5.74, 6) is 0. The summed E-state index contributed by atoms with van der Waals surface area (Å²) < 4.78 is -3.58. The predicted molar refractivity (Wildman–Crippen MR) is 134 cm³/mol. The van der Waals surface area contributed by atoms with E-state index in [2.05, 4.69) is 191 Å². The van der Waals surface area contributed by atoms with Crippen molar-refractivity contribution in [3.8, 4) is 0 Å². The number of rotatable bonds is 0. The average Bonchev–Trinajstić information content (AvgIpc) is 2.62. The Labute approximate surface area is 227 Å². The Hall–Kier alpha value is 5.76. The third-order valence-corrected chi connectivity index (χ3v) is 35.1. The van der Waals surface area contributed by atoms with Crippen molar-refractivity contribution in [3.63, 3.8) is 0 Å². The van der Waals surface area contributed by atoms with E-state index in [4.69, 9.17) is 0 Å². The quantitative estimate of drug-likeness (QED) is 0.216. The van der Waals surface area contributed by atoms with Crippen molar-refractivity contribution in [1.82, 2.24) is 0 Å². The Morgan fingerprint density at radius 1 is 0.227 bits per heavy atom. The third kappa shape index (κ3) is 0.910. The Bertz CT molecular complexity index is 575. The molecule has 0 spiro atoms. The van der Waals surface area contributed by atoms with Gasteiger partial charge in [-0.1, -0.05) is 191 Å². The highest BCUT2D eigenvalue weighted by Gasteiger charge is 3.29. The van der Waals surface area contributed by atoms with Gasteiger partial charge in [-0.3, -0.25) is 0 Å². The van der Waals surface area contributed by atoms with Crippen molar-refractivity contribution >= 4 is 191 Å². The van der Waals surface area contributed by atoms with E-state index in [1.807, 2.05) is 0 Å². The number of hydrogen-bond donors (Lipinski definition) is 0. The normalized spacial score (nSPS) is 80.2. The Morgan fingerprint density at radius 3 is 0.500 bits per heavy atom. The first-order valence-corrected chi connectivity index (χ1v) is 15.3. The van der Waals surface area contributed by atoms with Gasteiger partial charge in [0.2, 0.25) is 0 Å². The molecule has 6 aliphatic rings. The standard InChI is InChI=1S/C10Br12/c11-1-2(12)7(17)4(14)3(13,5(1,15)9(7,19)20)6(1,16)10(21,22)8(2,4)18. The maximum absolute atomic E-state index is 4.15. The van der Waals surface area contributed by atoms with Gasteiger partial charge in [-0.15, -0.1) is 0 Å². The lowest BCUT2D eigenvalue weighted by atomic mass is 9.44. The zero-order valence-electron chi connectivity index (χ0n) is 9.54. The van der Waals surface area contributed by atoms with Crippen molar-refractivity contribution in [1.29, 1.82) is 0 Å². The molecule has 0 N–H and O–H groups in total. The second kappa shape index (κ2) is 4.11. The van der Waals surface area contributed by atoms with Crippen molar-refractivity contribution in [2.24, 2.45) is 0 Å². The van der Waals surface area contributed by atoms with Gasteiger partial charge in [-0.25, -0.2) is 0 Å². The zero-order valence-corrected chi connectivity index (χ0v) is 28.6. The van der Waals surface area contributed by atoms with Crippen LogP contribution in [-0.4, -0.2) is 41.1 Å². The van der Waals surface area contributed by atoms with E-state index in [-0.39, 0.29) is 34.6 Å². The maximum Gasteiger partial charge on any atom is 0.117 e. The minimum absolute atomic E-state index is 0.341. The van der Waals surface area contributed by atoms with E-state index >= 15 is 0 Å². The van der Waals surface area contributed by atoms with E-state index < -0.39 is 6.47 Å². The fourth-order valence-corrected chi connectivity index (χ4v) is 32.8. The van der Waals surface area contributed by atoms with Crippen molar-refractivity contribution in [2.75, 3.05) is 0 Å².